The number of nitrogens with one attached hydrogen (secondary N) is 1. The fourth-order valence-electron chi connectivity index (χ4n) is 3.10. The van der Waals surface area contributed by atoms with Crippen molar-refractivity contribution < 1.29 is 12.8 Å². The highest BCUT2D eigenvalue weighted by atomic mass is 32.2. The summed E-state index contributed by atoms with van der Waals surface area (Å²) in [5.41, 5.74) is 0.876. The Kier molecular flexibility index (Phi) is 6.03. The molecule has 9 heteroatoms. The molecular formula is C18H24FN5O2S. The van der Waals surface area contributed by atoms with Crippen molar-refractivity contribution in [2.75, 3.05) is 45.2 Å². The summed E-state index contributed by atoms with van der Waals surface area (Å²) in [7, 11) is 0.163. The predicted octanol–water partition coefficient (Wildman–Crippen LogP) is 1.13. The highest BCUT2D eigenvalue weighted by Gasteiger charge is 2.29. The van der Waals surface area contributed by atoms with Gasteiger partial charge in [0.2, 0.25) is 10.0 Å². The largest absolute Gasteiger partial charge is 0.363 e. The molecule has 0 bridgehead atoms. The molecule has 2 heterocycles. The van der Waals surface area contributed by atoms with Gasteiger partial charge in [-0.05, 0) is 43.1 Å². The molecule has 0 saturated carbocycles. The molecule has 0 amide bonds. The number of hydrogen-bond acceptors (Lipinski definition) is 6. The van der Waals surface area contributed by atoms with Gasteiger partial charge in [-0.15, -0.1) is 0 Å². The number of halogens is 1. The highest BCUT2D eigenvalue weighted by molar-refractivity contribution is 7.89. The molecule has 1 aliphatic rings. The molecule has 1 saturated heterocycles. The molecule has 1 fully saturated rings. The maximum absolute atomic E-state index is 13.1. The van der Waals surface area contributed by atoms with Gasteiger partial charge in [-0.3, -0.25) is 0 Å². The van der Waals surface area contributed by atoms with E-state index < -0.39 is 15.8 Å². The summed E-state index contributed by atoms with van der Waals surface area (Å²) < 4.78 is 40.5. The summed E-state index contributed by atoms with van der Waals surface area (Å²) in [6, 6.07) is 6.88. The molecular weight excluding hydrogens is 369 g/mol. The third-order valence-electron chi connectivity index (χ3n) is 4.55. The molecule has 1 N–H and O–H groups in total. The number of rotatable bonds is 5. The Hall–Kier alpha value is -2.10. The molecule has 1 aliphatic heterocycles. The minimum absolute atomic E-state index is 0.0765. The second-order valence-corrected chi connectivity index (χ2v) is 8.79. The molecule has 0 radical (unpaired) electrons. The Balaban J connectivity index is 1.77. The van der Waals surface area contributed by atoms with Crippen LogP contribution in [0, 0.1) is 11.7 Å². The Morgan fingerprint density at radius 1 is 1.26 bits per heavy atom. The maximum atomic E-state index is 13.1. The minimum atomic E-state index is -3.66. The summed E-state index contributed by atoms with van der Waals surface area (Å²) in [6.45, 7) is 2.04. The Morgan fingerprint density at radius 3 is 2.70 bits per heavy atom. The second kappa shape index (κ2) is 8.28. The SMILES string of the molecule is CN(C)c1cc(CC2CNCCN(S(=O)(=O)c3ccc(F)cc3)C2)ncn1. The number of hydrogen-bond donors (Lipinski definition) is 1. The summed E-state index contributed by atoms with van der Waals surface area (Å²) >= 11 is 0. The number of nitrogens with zero attached hydrogens (tertiary/aromatic N) is 4. The van der Waals surface area contributed by atoms with Gasteiger partial charge in [-0.2, -0.15) is 4.31 Å². The van der Waals surface area contributed by atoms with Gasteiger partial charge in [0.25, 0.3) is 0 Å². The number of anilines is 1. The standard InChI is InChI=1S/C18H24FN5O2S/c1-23(2)18-10-16(21-13-22-18)9-14-11-20-7-8-24(12-14)27(25,26)17-5-3-15(19)4-6-17/h3-6,10,13-14,20H,7-9,11-12H2,1-2H3. The molecule has 27 heavy (non-hydrogen) atoms. The van der Waals surface area contributed by atoms with E-state index in [1.807, 2.05) is 25.1 Å². The molecule has 2 aromatic rings. The van der Waals surface area contributed by atoms with Crippen LogP contribution in [-0.4, -0.2) is 63.0 Å². The van der Waals surface area contributed by atoms with Crippen LogP contribution in [-0.2, 0) is 16.4 Å². The maximum Gasteiger partial charge on any atom is 0.243 e. The lowest BCUT2D eigenvalue weighted by Crippen LogP contribution is -2.36. The first kappa shape index (κ1) is 19.7. The van der Waals surface area contributed by atoms with E-state index in [9.17, 15) is 12.8 Å². The predicted molar refractivity (Wildman–Crippen MR) is 102 cm³/mol. The van der Waals surface area contributed by atoms with E-state index in [1.165, 1.54) is 34.9 Å². The van der Waals surface area contributed by atoms with E-state index in [1.54, 1.807) is 0 Å². The number of sulfonamides is 1. The van der Waals surface area contributed by atoms with Gasteiger partial charge in [-0.1, -0.05) is 0 Å². The summed E-state index contributed by atoms with van der Waals surface area (Å²) in [6.07, 6.45) is 2.17. The fourth-order valence-corrected chi connectivity index (χ4v) is 4.62. The summed E-state index contributed by atoms with van der Waals surface area (Å²) in [5, 5.41) is 3.30. The van der Waals surface area contributed by atoms with E-state index in [2.05, 4.69) is 15.3 Å². The average Bonchev–Trinajstić information content (AvgIpc) is 2.88. The quantitative estimate of drug-likeness (QED) is 0.821. The van der Waals surface area contributed by atoms with E-state index in [0.717, 1.165) is 11.5 Å². The third-order valence-corrected chi connectivity index (χ3v) is 6.43. The van der Waals surface area contributed by atoms with Crippen molar-refractivity contribution in [3.8, 4) is 0 Å². The van der Waals surface area contributed by atoms with Gasteiger partial charge >= 0.3 is 0 Å². The Morgan fingerprint density at radius 2 is 2.00 bits per heavy atom. The average molecular weight is 393 g/mol. The van der Waals surface area contributed by atoms with Crippen molar-refractivity contribution in [3.63, 3.8) is 0 Å². The van der Waals surface area contributed by atoms with Crippen molar-refractivity contribution in [2.45, 2.75) is 11.3 Å². The lowest BCUT2D eigenvalue weighted by Gasteiger charge is -2.23. The molecule has 1 unspecified atom stereocenters. The first-order chi connectivity index (χ1) is 12.9. The molecule has 3 rings (SSSR count). The van der Waals surface area contributed by atoms with Crippen LogP contribution in [0.25, 0.3) is 0 Å². The molecule has 0 aliphatic carbocycles. The topological polar surface area (TPSA) is 78.4 Å². The van der Waals surface area contributed by atoms with E-state index >= 15 is 0 Å². The van der Waals surface area contributed by atoms with E-state index in [-0.39, 0.29) is 10.8 Å². The van der Waals surface area contributed by atoms with Crippen LogP contribution >= 0.6 is 0 Å². The van der Waals surface area contributed by atoms with E-state index in [0.29, 0.717) is 32.6 Å². The Labute approximate surface area is 159 Å². The zero-order valence-electron chi connectivity index (χ0n) is 15.5. The lowest BCUT2D eigenvalue weighted by atomic mass is 10.0. The van der Waals surface area contributed by atoms with Gasteiger partial charge < -0.3 is 10.2 Å². The van der Waals surface area contributed by atoms with Crippen molar-refractivity contribution in [2.24, 2.45) is 5.92 Å². The van der Waals surface area contributed by atoms with Gasteiger partial charge in [0.15, 0.2) is 0 Å². The van der Waals surface area contributed by atoms with Gasteiger partial charge in [0.1, 0.15) is 18.0 Å². The minimum Gasteiger partial charge on any atom is -0.363 e. The first-order valence-electron chi connectivity index (χ1n) is 8.81. The van der Waals surface area contributed by atoms with E-state index in [4.69, 9.17) is 0 Å². The van der Waals surface area contributed by atoms with Crippen LogP contribution in [0.15, 0.2) is 41.6 Å². The fraction of sp³-hybridized carbons (Fsp3) is 0.444. The van der Waals surface area contributed by atoms with Crippen LogP contribution in [0.1, 0.15) is 5.69 Å². The summed E-state index contributed by atoms with van der Waals surface area (Å²) in [5.74, 6) is 0.440. The van der Waals surface area contributed by atoms with Gasteiger partial charge in [0.05, 0.1) is 4.90 Å². The molecule has 146 valence electrons. The number of benzene rings is 1. The summed E-state index contributed by atoms with van der Waals surface area (Å²) in [4.78, 5) is 10.6. The van der Waals surface area contributed by atoms with Crippen LogP contribution in [0.2, 0.25) is 0 Å². The highest BCUT2D eigenvalue weighted by Crippen LogP contribution is 2.20. The van der Waals surface area contributed by atoms with Crippen molar-refractivity contribution in [1.29, 1.82) is 0 Å². The third kappa shape index (κ3) is 4.79. The van der Waals surface area contributed by atoms with Crippen LogP contribution < -0.4 is 10.2 Å². The van der Waals surface area contributed by atoms with Crippen LogP contribution in [0.3, 0.4) is 0 Å². The Bertz CT molecular complexity index is 874. The number of aromatic nitrogens is 2. The molecule has 1 aromatic heterocycles. The lowest BCUT2D eigenvalue weighted by molar-refractivity contribution is 0.373. The molecule has 1 aromatic carbocycles. The van der Waals surface area contributed by atoms with Crippen molar-refractivity contribution >= 4 is 15.8 Å². The molecule has 1 atom stereocenters. The smallest absolute Gasteiger partial charge is 0.243 e. The second-order valence-electron chi connectivity index (χ2n) is 6.85. The van der Waals surface area contributed by atoms with Gasteiger partial charge in [-0.25, -0.2) is 22.8 Å². The zero-order chi connectivity index (χ0) is 19.4. The molecule has 7 nitrogen and oxygen atoms in total. The van der Waals surface area contributed by atoms with Crippen LogP contribution in [0.5, 0.6) is 0 Å². The molecule has 0 spiro atoms. The van der Waals surface area contributed by atoms with Crippen molar-refractivity contribution in [3.05, 3.63) is 48.2 Å². The van der Waals surface area contributed by atoms with Crippen LogP contribution in [0.4, 0.5) is 10.2 Å². The van der Waals surface area contributed by atoms with Gasteiger partial charge in [0, 0.05) is 45.5 Å². The normalized spacial score (nSPS) is 18.9. The van der Waals surface area contributed by atoms with Crippen molar-refractivity contribution in [1.82, 2.24) is 19.6 Å². The monoisotopic (exact) mass is 393 g/mol. The zero-order valence-corrected chi connectivity index (χ0v) is 16.3. The first-order valence-corrected chi connectivity index (χ1v) is 10.2.